The molecule has 1 aromatic rings. The summed E-state index contributed by atoms with van der Waals surface area (Å²) in [6.07, 6.45) is 1.29. The average molecular weight is 303 g/mol. The van der Waals surface area contributed by atoms with Gasteiger partial charge in [-0.15, -0.1) is 0 Å². The van der Waals surface area contributed by atoms with Crippen LogP contribution in [0.4, 0.5) is 0 Å². The lowest BCUT2D eigenvalue weighted by molar-refractivity contribution is 0.0521. The number of hydrogen-bond acceptors (Lipinski definition) is 3. The molecule has 0 saturated carbocycles. The van der Waals surface area contributed by atoms with Crippen molar-refractivity contribution in [1.82, 2.24) is 9.88 Å². The maximum Gasteiger partial charge on any atom is 0.256 e. The maximum absolute atomic E-state index is 12.3. The summed E-state index contributed by atoms with van der Waals surface area (Å²) in [4.78, 5) is 17.9. The third-order valence-corrected chi connectivity index (χ3v) is 4.05. The third-order valence-electron chi connectivity index (χ3n) is 3.55. The zero-order valence-corrected chi connectivity index (χ0v) is 12.2. The Hall–Kier alpha value is -0.840. The van der Waals surface area contributed by atoms with Gasteiger partial charge in [0, 0.05) is 13.1 Å². The second-order valence-corrected chi connectivity index (χ2v) is 5.59. The number of likely N-dealkylation sites (tertiary alicyclic amines) is 1. The van der Waals surface area contributed by atoms with Crippen molar-refractivity contribution in [3.8, 4) is 0 Å². The Morgan fingerprint density at radius 3 is 2.58 bits per heavy atom. The molecule has 0 aliphatic carbocycles. The number of amides is 1. The van der Waals surface area contributed by atoms with Crippen LogP contribution in [0, 0.1) is 5.92 Å². The van der Waals surface area contributed by atoms with Crippen LogP contribution in [0.25, 0.3) is 0 Å². The summed E-state index contributed by atoms with van der Waals surface area (Å²) in [5.41, 5.74) is 0.376. The second-order valence-electron chi connectivity index (χ2n) is 4.84. The van der Waals surface area contributed by atoms with Crippen molar-refractivity contribution in [3.63, 3.8) is 0 Å². The molecule has 1 atom stereocenters. The molecule has 1 aliphatic rings. The Labute approximate surface area is 122 Å². The molecule has 0 bridgehead atoms. The molecular weight excluding hydrogens is 287 g/mol. The highest BCUT2D eigenvalue weighted by Crippen LogP contribution is 2.24. The first-order chi connectivity index (χ1) is 8.99. The molecule has 0 radical (unpaired) electrons. The third kappa shape index (κ3) is 3.38. The molecule has 0 spiro atoms. The van der Waals surface area contributed by atoms with Crippen molar-refractivity contribution < 1.29 is 9.90 Å². The molecule has 1 aliphatic heterocycles. The Balaban J connectivity index is 2.05. The predicted molar refractivity (Wildman–Crippen MR) is 74.6 cm³/mol. The molecule has 1 N–H and O–H groups in total. The number of rotatable bonds is 2. The highest BCUT2D eigenvalue weighted by molar-refractivity contribution is 6.34. The van der Waals surface area contributed by atoms with E-state index in [1.807, 2.05) is 0 Å². The van der Waals surface area contributed by atoms with E-state index in [1.54, 1.807) is 24.0 Å². The number of hydrogen-bond donors (Lipinski definition) is 1. The quantitative estimate of drug-likeness (QED) is 0.855. The van der Waals surface area contributed by atoms with Crippen LogP contribution in [0.5, 0.6) is 0 Å². The van der Waals surface area contributed by atoms with Crippen LogP contribution in [-0.2, 0) is 0 Å². The van der Waals surface area contributed by atoms with Gasteiger partial charge in [-0.1, -0.05) is 23.2 Å². The van der Waals surface area contributed by atoms with E-state index in [-0.39, 0.29) is 28.2 Å². The van der Waals surface area contributed by atoms with Crippen molar-refractivity contribution >= 4 is 29.1 Å². The number of aromatic nitrogens is 1. The van der Waals surface area contributed by atoms with Gasteiger partial charge in [0.25, 0.3) is 5.91 Å². The zero-order chi connectivity index (χ0) is 14.0. The molecule has 1 amide bonds. The minimum Gasteiger partial charge on any atom is -0.393 e. The topological polar surface area (TPSA) is 53.4 Å². The van der Waals surface area contributed by atoms with Crippen LogP contribution >= 0.6 is 23.2 Å². The van der Waals surface area contributed by atoms with Crippen molar-refractivity contribution in [2.45, 2.75) is 25.9 Å². The molecule has 19 heavy (non-hydrogen) atoms. The number of piperidine rings is 1. The average Bonchev–Trinajstić information content (AvgIpc) is 2.38. The number of aliphatic hydroxyl groups excluding tert-OH is 1. The smallest absolute Gasteiger partial charge is 0.256 e. The summed E-state index contributed by atoms with van der Waals surface area (Å²) in [6, 6.07) is 3.16. The molecular formula is C13H16Cl2N2O2. The lowest BCUT2D eigenvalue weighted by Gasteiger charge is -2.33. The number of pyridine rings is 1. The van der Waals surface area contributed by atoms with E-state index < -0.39 is 0 Å². The van der Waals surface area contributed by atoms with Crippen molar-refractivity contribution in [2.24, 2.45) is 5.92 Å². The molecule has 4 nitrogen and oxygen atoms in total. The summed E-state index contributed by atoms with van der Waals surface area (Å²) < 4.78 is 0. The second kappa shape index (κ2) is 6.07. The van der Waals surface area contributed by atoms with Gasteiger partial charge in [-0.2, -0.15) is 0 Å². The standard InChI is InChI=1S/C13H16Cl2N2O2/c1-8(18)9-4-6-17(7-5-9)13(19)10-2-3-11(14)16-12(10)15/h2-3,8-9,18H,4-7H2,1H3. The molecule has 1 saturated heterocycles. The van der Waals surface area contributed by atoms with Gasteiger partial charge >= 0.3 is 0 Å². The lowest BCUT2D eigenvalue weighted by Crippen LogP contribution is -2.40. The fourth-order valence-electron chi connectivity index (χ4n) is 2.33. The highest BCUT2D eigenvalue weighted by atomic mass is 35.5. The number of carbonyl (C=O) groups excluding carboxylic acids is 1. The minimum absolute atomic E-state index is 0.127. The molecule has 2 rings (SSSR count). The van der Waals surface area contributed by atoms with E-state index in [0.29, 0.717) is 18.7 Å². The first-order valence-corrected chi connectivity index (χ1v) is 7.04. The molecule has 6 heteroatoms. The summed E-state index contributed by atoms with van der Waals surface area (Å²) >= 11 is 11.7. The van der Waals surface area contributed by atoms with Gasteiger partial charge in [0.05, 0.1) is 11.7 Å². The first-order valence-electron chi connectivity index (χ1n) is 6.28. The van der Waals surface area contributed by atoms with Gasteiger partial charge in [0.2, 0.25) is 0 Å². The highest BCUT2D eigenvalue weighted by Gasteiger charge is 2.27. The molecule has 0 aromatic carbocycles. The molecule has 1 aromatic heterocycles. The zero-order valence-electron chi connectivity index (χ0n) is 10.6. The van der Waals surface area contributed by atoms with E-state index in [4.69, 9.17) is 23.2 Å². The maximum atomic E-state index is 12.3. The Bertz CT molecular complexity index is 472. The summed E-state index contributed by atoms with van der Waals surface area (Å²) in [5, 5.41) is 9.95. The monoisotopic (exact) mass is 302 g/mol. The van der Waals surface area contributed by atoms with Gasteiger partial charge in [0.15, 0.2) is 0 Å². The summed E-state index contributed by atoms with van der Waals surface area (Å²) in [6.45, 7) is 3.06. The van der Waals surface area contributed by atoms with Crippen molar-refractivity contribution in [3.05, 3.63) is 28.0 Å². The van der Waals surface area contributed by atoms with E-state index in [9.17, 15) is 9.90 Å². The fraction of sp³-hybridized carbons (Fsp3) is 0.538. The van der Waals surface area contributed by atoms with Crippen LogP contribution in [-0.4, -0.2) is 40.1 Å². The molecule has 104 valence electrons. The van der Waals surface area contributed by atoms with Gasteiger partial charge < -0.3 is 10.0 Å². The van der Waals surface area contributed by atoms with Gasteiger partial charge in [-0.05, 0) is 37.8 Å². The van der Waals surface area contributed by atoms with Crippen molar-refractivity contribution in [2.75, 3.05) is 13.1 Å². The van der Waals surface area contributed by atoms with Crippen LogP contribution in [0.2, 0.25) is 10.3 Å². The van der Waals surface area contributed by atoms with Gasteiger partial charge in [0.1, 0.15) is 10.3 Å². The number of aliphatic hydroxyl groups is 1. The number of carbonyl (C=O) groups is 1. The Kier molecular flexibility index (Phi) is 4.66. The van der Waals surface area contributed by atoms with E-state index in [2.05, 4.69) is 4.98 Å². The lowest BCUT2D eigenvalue weighted by atomic mass is 9.92. The predicted octanol–water partition coefficient (Wildman–Crippen LogP) is 2.62. The van der Waals surface area contributed by atoms with Crippen molar-refractivity contribution in [1.29, 1.82) is 0 Å². The largest absolute Gasteiger partial charge is 0.393 e. The number of halogens is 2. The van der Waals surface area contributed by atoms with E-state index >= 15 is 0 Å². The Morgan fingerprint density at radius 2 is 2.05 bits per heavy atom. The molecule has 1 fully saturated rings. The summed E-state index contributed by atoms with van der Waals surface area (Å²) in [7, 11) is 0. The normalized spacial score (nSPS) is 18.4. The SMILES string of the molecule is CC(O)C1CCN(C(=O)c2ccc(Cl)nc2Cl)CC1. The molecule has 2 heterocycles. The van der Waals surface area contributed by atoms with Gasteiger partial charge in [-0.3, -0.25) is 4.79 Å². The minimum atomic E-state index is -0.321. The van der Waals surface area contributed by atoms with Gasteiger partial charge in [-0.25, -0.2) is 4.98 Å². The van der Waals surface area contributed by atoms with Crippen LogP contribution in [0.3, 0.4) is 0 Å². The van der Waals surface area contributed by atoms with E-state index in [0.717, 1.165) is 12.8 Å². The Morgan fingerprint density at radius 1 is 1.42 bits per heavy atom. The summed E-state index contributed by atoms with van der Waals surface area (Å²) in [5.74, 6) is 0.140. The van der Waals surface area contributed by atoms with E-state index in [1.165, 1.54) is 0 Å². The first kappa shape index (κ1) is 14.6. The van der Waals surface area contributed by atoms with Crippen LogP contribution in [0.15, 0.2) is 12.1 Å². The number of nitrogens with zero attached hydrogens (tertiary/aromatic N) is 2. The fourth-order valence-corrected chi connectivity index (χ4v) is 2.75. The molecule has 1 unspecified atom stereocenters. The van der Waals surface area contributed by atoms with Crippen LogP contribution < -0.4 is 0 Å². The van der Waals surface area contributed by atoms with Crippen LogP contribution in [0.1, 0.15) is 30.1 Å².